The van der Waals surface area contributed by atoms with Crippen LogP contribution in [0.1, 0.15) is 28.8 Å². The summed E-state index contributed by atoms with van der Waals surface area (Å²) in [6.07, 6.45) is 0. The van der Waals surface area contributed by atoms with Crippen LogP contribution in [0.25, 0.3) is 0 Å². The molecule has 0 fully saturated rings. The Morgan fingerprint density at radius 2 is 1.70 bits per heavy atom. The van der Waals surface area contributed by atoms with Gasteiger partial charge in [0.15, 0.2) is 11.5 Å². The predicted molar refractivity (Wildman–Crippen MR) is 104 cm³/mol. The highest BCUT2D eigenvalue weighted by atomic mass is 16.5. The number of nitrogens with two attached hydrogens (primary N) is 1. The van der Waals surface area contributed by atoms with Crippen molar-refractivity contribution in [2.45, 2.75) is 12.8 Å². The van der Waals surface area contributed by atoms with Gasteiger partial charge < -0.3 is 25.8 Å². The molecule has 7 nitrogen and oxygen atoms in total. The van der Waals surface area contributed by atoms with Crippen LogP contribution in [-0.2, 0) is 4.79 Å². The predicted octanol–water partition coefficient (Wildman–Crippen LogP) is 2.13. The lowest BCUT2D eigenvalue weighted by Gasteiger charge is -2.13. The number of nitrogens with one attached hydrogen (secondary N) is 2. The molecular formula is C20H25N3O4. The number of rotatable bonds is 8. The van der Waals surface area contributed by atoms with Crippen molar-refractivity contribution in [2.24, 2.45) is 5.73 Å². The van der Waals surface area contributed by atoms with E-state index < -0.39 is 0 Å². The summed E-state index contributed by atoms with van der Waals surface area (Å²) in [4.78, 5) is 24.4. The number of methoxy groups -OCH3 is 2. The molecule has 0 saturated heterocycles. The van der Waals surface area contributed by atoms with E-state index in [1.54, 1.807) is 30.3 Å². The monoisotopic (exact) mass is 371 g/mol. The molecule has 0 radical (unpaired) electrons. The fourth-order valence-electron chi connectivity index (χ4n) is 2.54. The van der Waals surface area contributed by atoms with Gasteiger partial charge in [-0.05, 0) is 42.8 Å². The van der Waals surface area contributed by atoms with Crippen molar-refractivity contribution < 1.29 is 19.1 Å². The number of benzene rings is 2. The lowest BCUT2D eigenvalue weighted by Crippen LogP contribution is -2.32. The SMILES string of the molecule is COc1ccc(C(=O)Nc2ccc(C(C)C(=O)NCCN)cc2)cc1OC. The molecule has 0 heterocycles. The number of amides is 2. The van der Waals surface area contributed by atoms with Crippen LogP contribution in [0.5, 0.6) is 11.5 Å². The van der Waals surface area contributed by atoms with Gasteiger partial charge in [-0.1, -0.05) is 12.1 Å². The van der Waals surface area contributed by atoms with E-state index >= 15 is 0 Å². The molecule has 0 aliphatic carbocycles. The summed E-state index contributed by atoms with van der Waals surface area (Å²) in [5.41, 5.74) is 7.33. The van der Waals surface area contributed by atoms with E-state index in [1.165, 1.54) is 14.2 Å². The molecule has 7 heteroatoms. The Morgan fingerprint density at radius 3 is 2.30 bits per heavy atom. The molecule has 0 aromatic heterocycles. The summed E-state index contributed by atoms with van der Waals surface area (Å²) in [7, 11) is 3.06. The molecule has 0 aliphatic heterocycles. The Morgan fingerprint density at radius 1 is 1.04 bits per heavy atom. The van der Waals surface area contributed by atoms with Gasteiger partial charge in [0.05, 0.1) is 20.1 Å². The third-order valence-electron chi connectivity index (χ3n) is 4.15. The first kappa shape index (κ1) is 20.3. The second kappa shape index (κ2) is 9.59. The van der Waals surface area contributed by atoms with Gasteiger partial charge in [-0.25, -0.2) is 0 Å². The van der Waals surface area contributed by atoms with Crippen LogP contribution in [0.2, 0.25) is 0 Å². The Balaban J connectivity index is 2.05. The first-order valence-corrected chi connectivity index (χ1v) is 8.61. The minimum absolute atomic E-state index is 0.0810. The molecule has 1 unspecified atom stereocenters. The van der Waals surface area contributed by atoms with Crippen LogP contribution in [0.3, 0.4) is 0 Å². The fourth-order valence-corrected chi connectivity index (χ4v) is 2.54. The smallest absolute Gasteiger partial charge is 0.255 e. The molecule has 2 rings (SSSR count). The largest absolute Gasteiger partial charge is 0.493 e. The van der Waals surface area contributed by atoms with E-state index in [2.05, 4.69) is 10.6 Å². The topological polar surface area (TPSA) is 103 Å². The average Bonchev–Trinajstić information content (AvgIpc) is 2.71. The highest BCUT2D eigenvalue weighted by molar-refractivity contribution is 6.04. The van der Waals surface area contributed by atoms with Crippen molar-refractivity contribution >= 4 is 17.5 Å². The first-order chi connectivity index (χ1) is 13.0. The van der Waals surface area contributed by atoms with Crippen molar-refractivity contribution in [1.82, 2.24) is 5.32 Å². The average molecular weight is 371 g/mol. The number of hydrogen-bond acceptors (Lipinski definition) is 5. The van der Waals surface area contributed by atoms with Crippen molar-refractivity contribution in [2.75, 3.05) is 32.6 Å². The minimum Gasteiger partial charge on any atom is -0.493 e. The molecule has 0 spiro atoms. The third-order valence-corrected chi connectivity index (χ3v) is 4.15. The Kier molecular flexibility index (Phi) is 7.19. The van der Waals surface area contributed by atoms with E-state index in [1.807, 2.05) is 19.1 Å². The van der Waals surface area contributed by atoms with E-state index in [0.717, 1.165) is 5.56 Å². The van der Waals surface area contributed by atoms with Crippen LogP contribution in [0.15, 0.2) is 42.5 Å². The molecule has 2 aromatic carbocycles. The maximum Gasteiger partial charge on any atom is 0.255 e. The van der Waals surface area contributed by atoms with Gasteiger partial charge in [-0.2, -0.15) is 0 Å². The first-order valence-electron chi connectivity index (χ1n) is 8.61. The summed E-state index contributed by atoms with van der Waals surface area (Å²) in [6, 6.07) is 12.1. The minimum atomic E-state index is -0.299. The second-order valence-corrected chi connectivity index (χ2v) is 5.95. The maximum atomic E-state index is 12.4. The summed E-state index contributed by atoms with van der Waals surface area (Å²) < 4.78 is 10.4. The molecule has 144 valence electrons. The van der Waals surface area contributed by atoms with E-state index in [9.17, 15) is 9.59 Å². The number of carbonyl (C=O) groups excluding carboxylic acids is 2. The summed E-state index contributed by atoms with van der Waals surface area (Å²) in [5.74, 6) is 0.394. The van der Waals surface area contributed by atoms with Crippen LogP contribution in [-0.4, -0.2) is 39.1 Å². The summed E-state index contributed by atoms with van der Waals surface area (Å²) in [5, 5.41) is 5.59. The fraction of sp³-hybridized carbons (Fsp3) is 0.300. The van der Waals surface area contributed by atoms with Crippen LogP contribution >= 0.6 is 0 Å². The zero-order chi connectivity index (χ0) is 19.8. The lowest BCUT2D eigenvalue weighted by atomic mass is 10.00. The summed E-state index contributed by atoms with van der Waals surface area (Å²) in [6.45, 7) is 2.67. The molecule has 0 aliphatic rings. The maximum absolute atomic E-state index is 12.4. The molecule has 4 N–H and O–H groups in total. The molecule has 0 saturated carbocycles. The van der Waals surface area contributed by atoms with E-state index in [-0.39, 0.29) is 17.7 Å². The normalized spacial score (nSPS) is 11.4. The Bertz CT molecular complexity index is 790. The van der Waals surface area contributed by atoms with E-state index in [0.29, 0.717) is 35.8 Å². The van der Waals surface area contributed by atoms with Gasteiger partial charge in [0.25, 0.3) is 5.91 Å². The zero-order valence-electron chi connectivity index (χ0n) is 15.7. The molecule has 0 bridgehead atoms. The van der Waals surface area contributed by atoms with Crippen LogP contribution < -0.4 is 25.8 Å². The summed E-state index contributed by atoms with van der Waals surface area (Å²) >= 11 is 0. The van der Waals surface area contributed by atoms with Gasteiger partial charge >= 0.3 is 0 Å². The lowest BCUT2D eigenvalue weighted by molar-refractivity contribution is -0.122. The number of ether oxygens (including phenoxy) is 2. The van der Waals surface area contributed by atoms with Crippen molar-refractivity contribution in [3.05, 3.63) is 53.6 Å². The molecular weight excluding hydrogens is 346 g/mol. The molecule has 2 amide bonds. The number of carbonyl (C=O) groups is 2. The third kappa shape index (κ3) is 5.21. The van der Waals surface area contributed by atoms with Crippen LogP contribution in [0.4, 0.5) is 5.69 Å². The second-order valence-electron chi connectivity index (χ2n) is 5.95. The molecule has 2 aromatic rings. The number of hydrogen-bond donors (Lipinski definition) is 3. The van der Waals surface area contributed by atoms with Gasteiger partial charge in [-0.3, -0.25) is 9.59 Å². The Labute approximate surface area is 158 Å². The van der Waals surface area contributed by atoms with Gasteiger partial charge in [0.1, 0.15) is 0 Å². The van der Waals surface area contributed by atoms with Gasteiger partial charge in [0.2, 0.25) is 5.91 Å². The van der Waals surface area contributed by atoms with Gasteiger partial charge in [-0.15, -0.1) is 0 Å². The van der Waals surface area contributed by atoms with Crippen molar-refractivity contribution in [3.63, 3.8) is 0 Å². The van der Waals surface area contributed by atoms with E-state index in [4.69, 9.17) is 15.2 Å². The number of anilines is 1. The zero-order valence-corrected chi connectivity index (χ0v) is 15.7. The molecule has 27 heavy (non-hydrogen) atoms. The molecule has 1 atom stereocenters. The Hall–Kier alpha value is -3.06. The highest BCUT2D eigenvalue weighted by Gasteiger charge is 2.15. The van der Waals surface area contributed by atoms with Crippen molar-refractivity contribution in [1.29, 1.82) is 0 Å². The standard InChI is InChI=1S/C20H25N3O4/c1-13(19(24)22-11-10-21)14-4-7-16(8-5-14)23-20(25)15-6-9-17(26-2)18(12-15)27-3/h4-9,12-13H,10-11,21H2,1-3H3,(H,22,24)(H,23,25). The quantitative estimate of drug-likeness (QED) is 0.660. The highest BCUT2D eigenvalue weighted by Crippen LogP contribution is 2.28. The van der Waals surface area contributed by atoms with Crippen LogP contribution in [0, 0.1) is 0 Å². The van der Waals surface area contributed by atoms with Gasteiger partial charge in [0, 0.05) is 24.3 Å². The van der Waals surface area contributed by atoms with Crippen molar-refractivity contribution in [3.8, 4) is 11.5 Å².